The molecule has 1 fully saturated rings. The van der Waals surface area contributed by atoms with Crippen LogP contribution in [0.15, 0.2) is 18.2 Å². The molecular weight excluding hydrogens is 268 g/mol. The Morgan fingerprint density at radius 2 is 2.00 bits per heavy atom. The highest BCUT2D eigenvalue weighted by molar-refractivity contribution is 6.33. The van der Waals surface area contributed by atoms with Gasteiger partial charge in [-0.2, -0.15) is 0 Å². The highest BCUT2D eigenvalue weighted by Crippen LogP contribution is 2.32. The minimum absolute atomic E-state index is 0.162. The second-order valence-corrected chi connectivity index (χ2v) is 6.72. The molecule has 0 amide bonds. The summed E-state index contributed by atoms with van der Waals surface area (Å²) in [6.45, 7) is 3.15. The zero-order valence-corrected chi connectivity index (χ0v) is 13.5. The summed E-state index contributed by atoms with van der Waals surface area (Å²) in [4.78, 5) is 2.34. The third kappa shape index (κ3) is 4.13. The number of hydrogen-bond donors (Lipinski definition) is 1. The van der Waals surface area contributed by atoms with Crippen molar-refractivity contribution in [3.63, 3.8) is 0 Å². The highest BCUT2D eigenvalue weighted by Gasteiger charge is 2.19. The quantitative estimate of drug-likeness (QED) is 0.880. The molecule has 1 unspecified atom stereocenters. The summed E-state index contributed by atoms with van der Waals surface area (Å²) in [5.74, 6) is 0.813. The molecule has 1 aliphatic rings. The van der Waals surface area contributed by atoms with Crippen LogP contribution in [-0.4, -0.2) is 19.6 Å². The molecule has 0 bridgehead atoms. The van der Waals surface area contributed by atoms with Gasteiger partial charge in [-0.25, -0.2) is 0 Å². The van der Waals surface area contributed by atoms with Crippen LogP contribution in [0.1, 0.15) is 44.6 Å². The van der Waals surface area contributed by atoms with Crippen LogP contribution in [0.5, 0.6) is 0 Å². The maximum Gasteiger partial charge on any atom is 0.0642 e. The van der Waals surface area contributed by atoms with Gasteiger partial charge in [-0.15, -0.1) is 0 Å². The van der Waals surface area contributed by atoms with Crippen molar-refractivity contribution in [3.05, 3.63) is 28.8 Å². The van der Waals surface area contributed by atoms with E-state index in [-0.39, 0.29) is 6.04 Å². The second kappa shape index (κ2) is 7.33. The SMILES string of the molecule is CC(N)Cc1cccc(Cl)c1N(C)CC1CCCCC1. The van der Waals surface area contributed by atoms with Crippen molar-refractivity contribution in [2.24, 2.45) is 11.7 Å². The largest absolute Gasteiger partial charge is 0.373 e. The first-order chi connectivity index (χ1) is 9.58. The molecule has 0 radical (unpaired) electrons. The molecule has 2 nitrogen and oxygen atoms in total. The number of halogens is 1. The molecular formula is C17H27ClN2. The van der Waals surface area contributed by atoms with Crippen LogP contribution in [-0.2, 0) is 6.42 Å². The molecule has 2 N–H and O–H groups in total. The summed E-state index contributed by atoms with van der Waals surface area (Å²) in [6.07, 6.45) is 7.77. The van der Waals surface area contributed by atoms with Crippen molar-refractivity contribution in [2.75, 3.05) is 18.5 Å². The van der Waals surface area contributed by atoms with Gasteiger partial charge >= 0.3 is 0 Å². The topological polar surface area (TPSA) is 29.3 Å². The lowest BCUT2D eigenvalue weighted by Crippen LogP contribution is -2.28. The van der Waals surface area contributed by atoms with Gasteiger partial charge in [-0.3, -0.25) is 0 Å². The minimum Gasteiger partial charge on any atom is -0.373 e. The van der Waals surface area contributed by atoms with Gasteiger partial charge in [0.05, 0.1) is 10.7 Å². The third-order valence-electron chi connectivity index (χ3n) is 4.25. The van der Waals surface area contributed by atoms with Crippen LogP contribution < -0.4 is 10.6 Å². The summed E-state index contributed by atoms with van der Waals surface area (Å²) in [5.41, 5.74) is 8.41. The van der Waals surface area contributed by atoms with E-state index in [1.54, 1.807) is 0 Å². The molecule has 0 aromatic heterocycles. The van der Waals surface area contributed by atoms with E-state index in [0.29, 0.717) is 0 Å². The fraction of sp³-hybridized carbons (Fsp3) is 0.647. The molecule has 2 rings (SSSR count). The summed E-state index contributed by atoms with van der Waals surface area (Å²) >= 11 is 6.44. The van der Waals surface area contributed by atoms with Crippen molar-refractivity contribution < 1.29 is 0 Å². The number of nitrogens with two attached hydrogens (primary N) is 1. The van der Waals surface area contributed by atoms with E-state index < -0.39 is 0 Å². The van der Waals surface area contributed by atoms with Gasteiger partial charge in [0.15, 0.2) is 0 Å². The number of para-hydroxylation sites is 1. The summed E-state index contributed by atoms with van der Waals surface area (Å²) in [5, 5.41) is 0.849. The maximum atomic E-state index is 6.44. The van der Waals surface area contributed by atoms with Crippen molar-refractivity contribution >= 4 is 17.3 Å². The first-order valence-electron chi connectivity index (χ1n) is 7.82. The molecule has 1 aliphatic carbocycles. The van der Waals surface area contributed by atoms with Crippen molar-refractivity contribution in [3.8, 4) is 0 Å². The van der Waals surface area contributed by atoms with E-state index in [1.165, 1.54) is 43.4 Å². The van der Waals surface area contributed by atoms with Gasteiger partial charge in [-0.1, -0.05) is 43.0 Å². The van der Waals surface area contributed by atoms with Crippen LogP contribution in [0.25, 0.3) is 0 Å². The molecule has 1 aromatic rings. The molecule has 0 aliphatic heterocycles. The molecule has 112 valence electrons. The van der Waals surface area contributed by atoms with Crippen LogP contribution in [0.2, 0.25) is 5.02 Å². The Morgan fingerprint density at radius 1 is 1.30 bits per heavy atom. The van der Waals surface area contributed by atoms with Gasteiger partial charge in [0, 0.05) is 19.6 Å². The van der Waals surface area contributed by atoms with E-state index in [4.69, 9.17) is 17.3 Å². The van der Waals surface area contributed by atoms with E-state index in [1.807, 2.05) is 19.1 Å². The normalized spacial score (nSPS) is 18.0. The smallest absolute Gasteiger partial charge is 0.0642 e. The molecule has 1 saturated carbocycles. The Kier molecular flexibility index (Phi) is 5.74. The predicted octanol–water partition coefficient (Wildman–Crippen LogP) is 4.25. The van der Waals surface area contributed by atoms with Gasteiger partial charge in [0.1, 0.15) is 0 Å². The van der Waals surface area contributed by atoms with Crippen LogP contribution in [0.3, 0.4) is 0 Å². The van der Waals surface area contributed by atoms with Crippen molar-refractivity contribution in [2.45, 2.75) is 51.5 Å². The fourth-order valence-electron chi connectivity index (χ4n) is 3.35. The number of benzene rings is 1. The summed E-state index contributed by atoms with van der Waals surface area (Å²) < 4.78 is 0. The maximum absolute atomic E-state index is 6.44. The summed E-state index contributed by atoms with van der Waals surface area (Å²) in [6, 6.07) is 6.33. The van der Waals surface area contributed by atoms with Gasteiger partial charge < -0.3 is 10.6 Å². The van der Waals surface area contributed by atoms with Gasteiger partial charge in [0.25, 0.3) is 0 Å². The fourth-order valence-corrected chi connectivity index (χ4v) is 3.69. The second-order valence-electron chi connectivity index (χ2n) is 6.31. The van der Waals surface area contributed by atoms with Crippen LogP contribution in [0, 0.1) is 5.92 Å². The Labute approximate surface area is 128 Å². The molecule has 1 atom stereocenters. The lowest BCUT2D eigenvalue weighted by molar-refractivity contribution is 0.362. The Morgan fingerprint density at radius 3 is 2.65 bits per heavy atom. The zero-order valence-electron chi connectivity index (χ0n) is 12.7. The molecule has 20 heavy (non-hydrogen) atoms. The highest BCUT2D eigenvalue weighted by atomic mass is 35.5. The van der Waals surface area contributed by atoms with Crippen molar-refractivity contribution in [1.29, 1.82) is 0 Å². The molecule has 0 spiro atoms. The number of hydrogen-bond acceptors (Lipinski definition) is 2. The van der Waals surface area contributed by atoms with E-state index in [0.717, 1.165) is 23.9 Å². The first kappa shape index (κ1) is 15.7. The monoisotopic (exact) mass is 294 g/mol. The average molecular weight is 295 g/mol. The van der Waals surface area contributed by atoms with E-state index in [9.17, 15) is 0 Å². The van der Waals surface area contributed by atoms with Gasteiger partial charge in [0.2, 0.25) is 0 Å². The van der Waals surface area contributed by atoms with E-state index in [2.05, 4.69) is 18.0 Å². The Hall–Kier alpha value is -0.730. The van der Waals surface area contributed by atoms with E-state index >= 15 is 0 Å². The summed E-state index contributed by atoms with van der Waals surface area (Å²) in [7, 11) is 2.17. The average Bonchev–Trinajstić information content (AvgIpc) is 2.39. The standard InChI is InChI=1S/C17H27ClN2/c1-13(19)11-15-9-6-10-16(18)17(15)20(2)12-14-7-4-3-5-8-14/h6,9-10,13-14H,3-5,7-8,11-12,19H2,1-2H3. The minimum atomic E-state index is 0.162. The number of rotatable bonds is 5. The van der Waals surface area contributed by atoms with Crippen molar-refractivity contribution in [1.82, 2.24) is 0 Å². The lowest BCUT2D eigenvalue weighted by atomic mass is 9.89. The molecule has 0 heterocycles. The molecule has 1 aromatic carbocycles. The molecule has 0 saturated heterocycles. The predicted molar refractivity (Wildman–Crippen MR) is 88.7 cm³/mol. The van der Waals surface area contributed by atoms with Crippen LogP contribution in [0.4, 0.5) is 5.69 Å². The Balaban J connectivity index is 2.12. The lowest BCUT2D eigenvalue weighted by Gasteiger charge is -2.30. The third-order valence-corrected chi connectivity index (χ3v) is 4.56. The number of anilines is 1. The first-order valence-corrected chi connectivity index (χ1v) is 8.20. The van der Waals surface area contributed by atoms with Crippen LogP contribution >= 0.6 is 11.6 Å². The molecule has 3 heteroatoms. The number of nitrogens with zero attached hydrogens (tertiary/aromatic N) is 1. The van der Waals surface area contributed by atoms with Gasteiger partial charge in [-0.05, 0) is 43.7 Å². The Bertz CT molecular complexity index is 425. The zero-order chi connectivity index (χ0) is 14.5.